The number of alkyl halides is 4. The number of nitrogens with one attached hydrogen (secondary N) is 1. The minimum atomic E-state index is -4.48. The normalized spacial score (nSPS) is 11.7. The highest BCUT2D eigenvalue weighted by molar-refractivity contribution is 14.1. The van der Waals surface area contributed by atoms with E-state index in [0.29, 0.717) is 151 Å². The number of ether oxygens (including phenoxy) is 13. The van der Waals surface area contributed by atoms with Crippen LogP contribution >= 0.6 is 22.6 Å². The van der Waals surface area contributed by atoms with Crippen LogP contribution in [0.1, 0.15) is 15.9 Å². The molecule has 0 fully saturated rings. The lowest BCUT2D eigenvalue weighted by Gasteiger charge is -2.13. The first-order chi connectivity index (χ1) is 28.9. The molecule has 2 aromatic carbocycles. The van der Waals surface area contributed by atoms with E-state index in [4.69, 9.17) is 61.6 Å². The molecule has 19 heteroatoms. The molecule has 0 aliphatic rings. The van der Waals surface area contributed by atoms with E-state index in [1.165, 1.54) is 18.2 Å². The quantitative estimate of drug-likeness (QED) is 0.0401. The van der Waals surface area contributed by atoms with Gasteiger partial charge in [-0.3, -0.25) is 0 Å². The zero-order valence-electron chi connectivity index (χ0n) is 33.7. The van der Waals surface area contributed by atoms with Crippen LogP contribution < -0.4 is 5.32 Å². The molecule has 0 unspecified atom stereocenters. The first kappa shape index (κ1) is 52.9. The monoisotopic (exact) mass is 963 g/mol. The number of anilines is 2. The largest absolute Gasteiger partial charge is 0.460 e. The van der Waals surface area contributed by atoms with Crippen LogP contribution in [0.15, 0.2) is 48.5 Å². The molecule has 15 nitrogen and oxygen atoms in total. The maximum absolute atomic E-state index is 13.1. The van der Waals surface area contributed by atoms with Gasteiger partial charge in [0.15, 0.2) is 0 Å². The molecule has 0 atom stereocenters. The highest BCUT2D eigenvalue weighted by Gasteiger charge is 2.30. The first-order valence-electron chi connectivity index (χ1n) is 19.6. The van der Waals surface area contributed by atoms with Gasteiger partial charge in [0.05, 0.1) is 175 Å². The third-order valence-corrected chi connectivity index (χ3v) is 7.83. The van der Waals surface area contributed by atoms with Crippen molar-refractivity contribution in [2.75, 3.05) is 175 Å². The van der Waals surface area contributed by atoms with E-state index in [2.05, 4.69) is 27.9 Å². The number of hydrogen-bond acceptors (Lipinski definition) is 15. The van der Waals surface area contributed by atoms with E-state index in [0.717, 1.165) is 23.2 Å². The van der Waals surface area contributed by atoms with Gasteiger partial charge in [-0.25, -0.2) is 4.79 Å². The van der Waals surface area contributed by atoms with Crippen molar-refractivity contribution in [1.29, 1.82) is 0 Å². The minimum absolute atomic E-state index is 0.00421. The first-order valence-corrected chi connectivity index (χ1v) is 21.1. The molecule has 1 N–H and O–H groups in total. The number of rotatable bonds is 41. The molecule has 0 aliphatic carbocycles. The van der Waals surface area contributed by atoms with Gasteiger partial charge in [0.25, 0.3) is 0 Å². The molecule has 0 heterocycles. The van der Waals surface area contributed by atoms with Crippen molar-refractivity contribution in [3.05, 3.63) is 59.7 Å². The third kappa shape index (κ3) is 30.4. The average molecular weight is 964 g/mol. The van der Waals surface area contributed by atoms with Crippen LogP contribution in [0.5, 0.6) is 0 Å². The van der Waals surface area contributed by atoms with Crippen LogP contribution in [0.3, 0.4) is 0 Å². The summed E-state index contributed by atoms with van der Waals surface area (Å²) < 4.78 is 111. The number of carbonyl (C=O) groups is 1. The standard InChI is InChI=1S/C40H61F3INO14/c41-40(42,43)35-4-3-5-36(34-35)45-38-7-2-1-6-37(38)39(46)59-33-32-58-31-30-57-29-28-56-27-26-55-25-24-54-23-22-53-21-20-52-19-18-51-17-16-50-15-14-49-13-12-48-11-10-47-9-8-44/h1-7,34,45H,8-33H2. The molecule has 338 valence electrons. The summed E-state index contributed by atoms with van der Waals surface area (Å²) in [5, 5.41) is 2.86. The van der Waals surface area contributed by atoms with Crippen molar-refractivity contribution in [1.82, 2.24) is 0 Å². The Morgan fingerprint density at radius 1 is 0.458 bits per heavy atom. The van der Waals surface area contributed by atoms with Crippen molar-refractivity contribution < 1.29 is 79.5 Å². The summed E-state index contributed by atoms with van der Waals surface area (Å²) in [6, 6.07) is 11.1. The average Bonchev–Trinajstić information content (AvgIpc) is 3.23. The third-order valence-electron chi connectivity index (χ3n) is 7.39. The predicted molar refractivity (Wildman–Crippen MR) is 220 cm³/mol. The summed E-state index contributed by atoms with van der Waals surface area (Å²) in [6.07, 6.45) is -4.48. The molecule has 59 heavy (non-hydrogen) atoms. The van der Waals surface area contributed by atoms with Gasteiger partial charge in [-0.2, -0.15) is 13.2 Å². The van der Waals surface area contributed by atoms with Gasteiger partial charge in [0, 0.05) is 10.1 Å². The zero-order chi connectivity index (χ0) is 42.3. The number of para-hydroxylation sites is 1. The van der Waals surface area contributed by atoms with Crippen molar-refractivity contribution in [3.63, 3.8) is 0 Å². The van der Waals surface area contributed by atoms with E-state index in [-0.39, 0.29) is 24.5 Å². The van der Waals surface area contributed by atoms with E-state index < -0.39 is 17.7 Å². The number of hydrogen-bond donors (Lipinski definition) is 1. The minimum Gasteiger partial charge on any atom is -0.460 e. The van der Waals surface area contributed by atoms with Gasteiger partial charge in [-0.05, 0) is 30.3 Å². The predicted octanol–water partition coefficient (Wildman–Crippen LogP) is 5.24. The summed E-state index contributed by atoms with van der Waals surface area (Å²) in [5.41, 5.74) is -0.0963. The second-order valence-electron chi connectivity index (χ2n) is 11.9. The smallest absolute Gasteiger partial charge is 0.416 e. The van der Waals surface area contributed by atoms with Gasteiger partial charge in [-0.1, -0.05) is 40.8 Å². The molecule has 0 aliphatic heterocycles. The molecule has 0 aromatic heterocycles. The van der Waals surface area contributed by atoms with Crippen molar-refractivity contribution in [2.24, 2.45) is 0 Å². The van der Waals surface area contributed by atoms with E-state index in [1.807, 2.05) is 0 Å². The molecule has 2 rings (SSSR count). The van der Waals surface area contributed by atoms with Crippen LogP contribution in [-0.2, 0) is 67.8 Å². The second-order valence-corrected chi connectivity index (χ2v) is 13.0. The summed E-state index contributed by atoms with van der Waals surface area (Å²) in [5.74, 6) is -0.630. The lowest BCUT2D eigenvalue weighted by Crippen LogP contribution is -2.16. The summed E-state index contributed by atoms with van der Waals surface area (Å²) in [7, 11) is 0. The highest BCUT2D eigenvalue weighted by Crippen LogP contribution is 2.32. The van der Waals surface area contributed by atoms with Crippen LogP contribution in [0.25, 0.3) is 0 Å². The number of carbonyl (C=O) groups excluding carboxylic acids is 1. The summed E-state index contributed by atoms with van der Waals surface area (Å²) in [6.45, 7) is 11.2. The Morgan fingerprint density at radius 3 is 1.15 bits per heavy atom. The number of esters is 1. The van der Waals surface area contributed by atoms with E-state index in [1.54, 1.807) is 18.2 Å². The van der Waals surface area contributed by atoms with Crippen LogP contribution in [-0.4, -0.2) is 176 Å². The molecule has 0 amide bonds. The summed E-state index contributed by atoms with van der Waals surface area (Å²) in [4.78, 5) is 12.6. The topological polar surface area (TPSA) is 149 Å². The lowest BCUT2D eigenvalue weighted by atomic mass is 10.1. The Kier molecular flexibility index (Phi) is 33.6. The molecule has 0 saturated heterocycles. The number of halogens is 4. The SMILES string of the molecule is O=C(OCCOCCOCCOCCOCCOCCOCCOCCOCCOCCOCCOCCOCCI)c1ccccc1Nc1cccc(C(F)(F)F)c1. The zero-order valence-corrected chi connectivity index (χ0v) is 35.9. The maximum Gasteiger partial charge on any atom is 0.416 e. The van der Waals surface area contributed by atoms with Crippen molar-refractivity contribution >= 4 is 39.9 Å². The van der Waals surface area contributed by atoms with E-state index >= 15 is 0 Å². The number of benzene rings is 2. The molecule has 0 radical (unpaired) electrons. The van der Waals surface area contributed by atoms with Crippen LogP contribution in [0, 0.1) is 0 Å². The van der Waals surface area contributed by atoms with Crippen LogP contribution in [0.2, 0.25) is 0 Å². The Hall–Kier alpha value is -2.25. The maximum atomic E-state index is 13.1. The highest BCUT2D eigenvalue weighted by atomic mass is 127. The van der Waals surface area contributed by atoms with Gasteiger partial charge >= 0.3 is 12.1 Å². The Morgan fingerprint density at radius 2 is 0.797 bits per heavy atom. The lowest BCUT2D eigenvalue weighted by molar-refractivity contribution is -0.137. The summed E-state index contributed by atoms with van der Waals surface area (Å²) >= 11 is 2.27. The van der Waals surface area contributed by atoms with Gasteiger partial charge in [0.2, 0.25) is 0 Å². The second kappa shape index (κ2) is 37.5. The van der Waals surface area contributed by atoms with Crippen molar-refractivity contribution in [2.45, 2.75) is 6.18 Å². The molecule has 0 bridgehead atoms. The Balaban J connectivity index is 1.25. The Labute approximate surface area is 359 Å². The molecule has 0 spiro atoms. The molecular weight excluding hydrogens is 902 g/mol. The van der Waals surface area contributed by atoms with Gasteiger partial charge < -0.3 is 66.9 Å². The molecular formula is C40H61F3INO14. The molecule has 0 saturated carbocycles. The fraction of sp³-hybridized carbons (Fsp3) is 0.675. The van der Waals surface area contributed by atoms with E-state index in [9.17, 15) is 18.0 Å². The van der Waals surface area contributed by atoms with Gasteiger partial charge in [-0.15, -0.1) is 0 Å². The Bertz CT molecular complexity index is 1290. The van der Waals surface area contributed by atoms with Crippen LogP contribution in [0.4, 0.5) is 24.5 Å². The van der Waals surface area contributed by atoms with Crippen molar-refractivity contribution in [3.8, 4) is 0 Å². The van der Waals surface area contributed by atoms with Gasteiger partial charge in [0.1, 0.15) is 6.61 Å². The molecule has 2 aromatic rings. The fourth-order valence-electron chi connectivity index (χ4n) is 4.55. The fourth-order valence-corrected chi connectivity index (χ4v) is 4.86.